The molecule has 1 aromatic heterocycles. The molecule has 6 heteroatoms. The highest BCUT2D eigenvalue weighted by Crippen LogP contribution is 2.29. The highest BCUT2D eigenvalue weighted by molar-refractivity contribution is 5.93. The van der Waals surface area contributed by atoms with Gasteiger partial charge in [-0.25, -0.2) is 4.68 Å². The maximum absolute atomic E-state index is 11.6. The minimum atomic E-state index is -0.496. The predicted molar refractivity (Wildman–Crippen MR) is 73.9 cm³/mol. The molecule has 2 rings (SSSR count). The molecule has 0 aromatic carbocycles. The minimum Gasteiger partial charge on any atom is -0.320 e. The quantitative estimate of drug-likeness (QED) is 0.885. The minimum absolute atomic E-state index is 0. The van der Waals surface area contributed by atoms with Gasteiger partial charge in [0, 0.05) is 6.07 Å². The van der Waals surface area contributed by atoms with Gasteiger partial charge in [0.25, 0.3) is 0 Å². The Kier molecular flexibility index (Phi) is 5.62. The first-order valence-electron chi connectivity index (χ1n) is 6.28. The number of rotatable bonds is 3. The Morgan fingerprint density at radius 3 is 2.78 bits per heavy atom. The van der Waals surface area contributed by atoms with Crippen LogP contribution in [-0.2, 0) is 4.79 Å². The molecule has 18 heavy (non-hydrogen) atoms. The Bertz CT molecular complexity index is 385. The number of hydrogen-bond donors (Lipinski definition) is 2. The first-order chi connectivity index (χ1) is 8.18. The number of amides is 1. The predicted octanol–water partition coefficient (Wildman–Crippen LogP) is 2.10. The van der Waals surface area contributed by atoms with Gasteiger partial charge in [0.05, 0.1) is 18.3 Å². The van der Waals surface area contributed by atoms with Gasteiger partial charge in [-0.15, -0.1) is 12.4 Å². The van der Waals surface area contributed by atoms with E-state index in [4.69, 9.17) is 5.73 Å². The molecule has 0 spiro atoms. The molecule has 102 valence electrons. The van der Waals surface area contributed by atoms with Crippen LogP contribution in [-0.4, -0.2) is 21.7 Å². The van der Waals surface area contributed by atoms with Crippen molar-refractivity contribution >= 4 is 24.1 Å². The summed E-state index contributed by atoms with van der Waals surface area (Å²) in [5, 5.41) is 7.14. The zero-order chi connectivity index (χ0) is 12.3. The van der Waals surface area contributed by atoms with Crippen LogP contribution in [0.25, 0.3) is 0 Å². The average molecular weight is 273 g/mol. The van der Waals surface area contributed by atoms with Gasteiger partial charge in [-0.2, -0.15) is 5.10 Å². The SMILES string of the molecule is CC(N)C(=O)Nc1ccnn1C1CCCCC1.Cl. The number of carbonyl (C=O) groups excluding carboxylic acids is 1. The number of anilines is 1. The molecule has 1 fully saturated rings. The van der Waals surface area contributed by atoms with Crippen molar-refractivity contribution in [2.75, 3.05) is 5.32 Å². The third kappa shape index (κ3) is 3.46. The average Bonchev–Trinajstić information content (AvgIpc) is 2.78. The summed E-state index contributed by atoms with van der Waals surface area (Å²) in [5.41, 5.74) is 5.54. The molecule has 0 bridgehead atoms. The van der Waals surface area contributed by atoms with E-state index in [1.165, 1.54) is 19.3 Å². The van der Waals surface area contributed by atoms with Crippen LogP contribution in [0, 0.1) is 0 Å². The van der Waals surface area contributed by atoms with E-state index in [-0.39, 0.29) is 18.3 Å². The van der Waals surface area contributed by atoms with Crippen LogP contribution in [0.15, 0.2) is 12.3 Å². The van der Waals surface area contributed by atoms with E-state index in [0.717, 1.165) is 18.7 Å². The molecule has 1 unspecified atom stereocenters. The molecule has 1 aromatic rings. The number of nitrogens with two attached hydrogens (primary N) is 1. The molecule has 1 aliphatic carbocycles. The summed E-state index contributed by atoms with van der Waals surface area (Å²) in [7, 11) is 0. The lowest BCUT2D eigenvalue weighted by Crippen LogP contribution is -2.33. The monoisotopic (exact) mass is 272 g/mol. The normalized spacial score (nSPS) is 17.9. The molecule has 3 N–H and O–H groups in total. The topological polar surface area (TPSA) is 72.9 Å². The number of nitrogens with one attached hydrogen (secondary N) is 1. The molecule has 1 aliphatic rings. The zero-order valence-electron chi connectivity index (χ0n) is 10.6. The van der Waals surface area contributed by atoms with E-state index in [2.05, 4.69) is 10.4 Å². The molecule has 5 nitrogen and oxygen atoms in total. The van der Waals surface area contributed by atoms with E-state index >= 15 is 0 Å². The smallest absolute Gasteiger partial charge is 0.242 e. The summed E-state index contributed by atoms with van der Waals surface area (Å²) in [6.07, 6.45) is 7.80. The Morgan fingerprint density at radius 2 is 2.17 bits per heavy atom. The second kappa shape index (κ2) is 6.75. The van der Waals surface area contributed by atoms with Crippen LogP contribution < -0.4 is 11.1 Å². The Balaban J connectivity index is 0.00000162. The van der Waals surface area contributed by atoms with Gasteiger partial charge in [0.15, 0.2) is 0 Å². The van der Waals surface area contributed by atoms with Gasteiger partial charge in [0.2, 0.25) is 5.91 Å². The summed E-state index contributed by atoms with van der Waals surface area (Å²) in [5.74, 6) is 0.599. The van der Waals surface area contributed by atoms with Gasteiger partial charge in [0.1, 0.15) is 5.82 Å². The third-order valence-corrected chi connectivity index (χ3v) is 3.26. The number of halogens is 1. The molecule has 1 amide bonds. The fourth-order valence-electron chi connectivity index (χ4n) is 2.27. The molecule has 1 heterocycles. The van der Waals surface area contributed by atoms with Crippen LogP contribution >= 0.6 is 12.4 Å². The van der Waals surface area contributed by atoms with Gasteiger partial charge < -0.3 is 11.1 Å². The van der Waals surface area contributed by atoms with Crippen LogP contribution in [0.1, 0.15) is 45.1 Å². The lowest BCUT2D eigenvalue weighted by Gasteiger charge is -2.24. The van der Waals surface area contributed by atoms with Crippen molar-refractivity contribution in [2.24, 2.45) is 5.73 Å². The molecular weight excluding hydrogens is 252 g/mol. The molecule has 1 atom stereocenters. The van der Waals surface area contributed by atoms with Crippen LogP contribution in [0.4, 0.5) is 5.82 Å². The molecule has 0 radical (unpaired) electrons. The summed E-state index contributed by atoms with van der Waals surface area (Å²) in [6.45, 7) is 1.68. The van der Waals surface area contributed by atoms with E-state index < -0.39 is 6.04 Å². The fraction of sp³-hybridized carbons (Fsp3) is 0.667. The first-order valence-corrected chi connectivity index (χ1v) is 6.28. The second-order valence-corrected chi connectivity index (χ2v) is 4.73. The molecular formula is C12H21ClN4O. The third-order valence-electron chi connectivity index (χ3n) is 3.26. The number of hydrogen-bond acceptors (Lipinski definition) is 3. The number of aromatic nitrogens is 2. The maximum Gasteiger partial charge on any atom is 0.242 e. The molecule has 0 aliphatic heterocycles. The largest absolute Gasteiger partial charge is 0.320 e. The summed E-state index contributed by atoms with van der Waals surface area (Å²) in [4.78, 5) is 11.6. The molecule has 0 saturated heterocycles. The standard InChI is InChI=1S/C12H20N4O.ClH/c1-9(13)12(17)15-11-7-8-14-16(11)10-5-3-2-4-6-10;/h7-10H,2-6,13H2,1H3,(H,15,17);1H. The van der Waals surface area contributed by atoms with Crippen molar-refractivity contribution in [1.29, 1.82) is 0 Å². The van der Waals surface area contributed by atoms with Gasteiger partial charge in [-0.1, -0.05) is 19.3 Å². The highest BCUT2D eigenvalue weighted by Gasteiger charge is 2.19. The van der Waals surface area contributed by atoms with Crippen molar-refractivity contribution in [2.45, 2.75) is 51.1 Å². The number of nitrogens with zero attached hydrogens (tertiary/aromatic N) is 2. The van der Waals surface area contributed by atoms with Crippen LogP contribution in [0.2, 0.25) is 0 Å². The van der Waals surface area contributed by atoms with Crippen LogP contribution in [0.3, 0.4) is 0 Å². The molecule has 1 saturated carbocycles. The summed E-state index contributed by atoms with van der Waals surface area (Å²) < 4.78 is 1.93. The maximum atomic E-state index is 11.6. The zero-order valence-corrected chi connectivity index (χ0v) is 11.4. The first kappa shape index (κ1) is 15.0. The second-order valence-electron chi connectivity index (χ2n) is 4.73. The van der Waals surface area contributed by atoms with Gasteiger partial charge in [-0.05, 0) is 19.8 Å². The summed E-state index contributed by atoms with van der Waals surface area (Å²) >= 11 is 0. The van der Waals surface area contributed by atoms with Crippen molar-refractivity contribution in [3.8, 4) is 0 Å². The van der Waals surface area contributed by atoms with E-state index in [1.54, 1.807) is 13.1 Å². The Labute approximate surface area is 114 Å². The fourth-order valence-corrected chi connectivity index (χ4v) is 2.27. The highest BCUT2D eigenvalue weighted by atomic mass is 35.5. The van der Waals surface area contributed by atoms with E-state index in [1.807, 2.05) is 10.7 Å². The lowest BCUT2D eigenvalue weighted by atomic mass is 9.96. The van der Waals surface area contributed by atoms with Crippen molar-refractivity contribution < 1.29 is 4.79 Å². The number of carbonyl (C=O) groups is 1. The summed E-state index contributed by atoms with van der Waals surface area (Å²) in [6, 6.07) is 1.75. The Hall–Kier alpha value is -1.07. The van der Waals surface area contributed by atoms with E-state index in [9.17, 15) is 4.79 Å². The van der Waals surface area contributed by atoms with Crippen molar-refractivity contribution in [1.82, 2.24) is 9.78 Å². The lowest BCUT2D eigenvalue weighted by molar-refractivity contribution is -0.117. The van der Waals surface area contributed by atoms with Crippen molar-refractivity contribution in [3.05, 3.63) is 12.3 Å². The Morgan fingerprint density at radius 1 is 1.50 bits per heavy atom. The van der Waals surface area contributed by atoms with Crippen molar-refractivity contribution in [3.63, 3.8) is 0 Å². The van der Waals surface area contributed by atoms with E-state index in [0.29, 0.717) is 6.04 Å². The van der Waals surface area contributed by atoms with Crippen LogP contribution in [0.5, 0.6) is 0 Å². The van der Waals surface area contributed by atoms with Gasteiger partial charge in [-0.3, -0.25) is 4.79 Å². The van der Waals surface area contributed by atoms with Gasteiger partial charge >= 0.3 is 0 Å².